The summed E-state index contributed by atoms with van der Waals surface area (Å²) in [4.78, 5) is 10.7. The summed E-state index contributed by atoms with van der Waals surface area (Å²) < 4.78 is 21.8. The average molecular weight is 598 g/mol. The first-order valence-corrected chi connectivity index (χ1v) is 15.5. The summed E-state index contributed by atoms with van der Waals surface area (Å²) in [6.45, 7) is 12.1. The maximum Gasteiger partial charge on any atom is 0.192 e. The van der Waals surface area contributed by atoms with Crippen molar-refractivity contribution in [1.82, 2.24) is 0 Å². The highest BCUT2D eigenvalue weighted by molar-refractivity contribution is 9.09. The zero-order valence-corrected chi connectivity index (χ0v) is 25.3. The summed E-state index contributed by atoms with van der Waals surface area (Å²) in [5, 5.41) is 9.29. The van der Waals surface area contributed by atoms with Gasteiger partial charge in [-0.05, 0) is 52.7 Å². The van der Waals surface area contributed by atoms with Crippen LogP contribution in [-0.2, 0) is 19.5 Å². The van der Waals surface area contributed by atoms with E-state index in [0.717, 1.165) is 17.7 Å². The summed E-state index contributed by atoms with van der Waals surface area (Å²) in [7, 11) is -3.15. The minimum absolute atomic E-state index is 0.126. The van der Waals surface area contributed by atoms with E-state index in [4.69, 9.17) is 9.68 Å². The van der Waals surface area contributed by atoms with Crippen LogP contribution < -0.4 is 0 Å². The Bertz CT molecular complexity index is 1130. The molecule has 4 rings (SSSR count). The number of benzene rings is 2. The van der Waals surface area contributed by atoms with E-state index in [2.05, 4.69) is 90.3 Å². The summed E-state index contributed by atoms with van der Waals surface area (Å²) >= 11 is 5.27. The number of hydrogen-bond acceptors (Lipinski definition) is 7. The molecule has 2 unspecified atom stereocenters. The number of hydrogen-bond donors (Lipinski definition) is 0. The minimum Gasteiger partial charge on any atom is -0.389 e. The van der Waals surface area contributed by atoms with Crippen molar-refractivity contribution in [3.8, 4) is 0 Å². The van der Waals surface area contributed by atoms with E-state index in [0.29, 0.717) is 16.5 Å². The van der Waals surface area contributed by atoms with Gasteiger partial charge in [-0.25, -0.2) is 8.42 Å². The number of nitrogens with zero attached hydrogens (tertiary/aromatic N) is 2. The van der Waals surface area contributed by atoms with Crippen LogP contribution in [-0.4, -0.2) is 36.0 Å². The Morgan fingerprint density at radius 3 is 1.64 bits per heavy atom. The van der Waals surface area contributed by atoms with Crippen LogP contribution in [0.25, 0.3) is 0 Å². The van der Waals surface area contributed by atoms with Gasteiger partial charge in [-0.15, -0.1) is 0 Å². The first-order chi connectivity index (χ1) is 16.7. The SMILES string of the molecule is CC(Br)c1ccccc1.CC(SC1=NOC(C)(C)C1)c1ccccc1.CC1(C)CC(S(C)(=O)=O)=NO1. The van der Waals surface area contributed by atoms with Gasteiger partial charge < -0.3 is 9.68 Å². The Balaban J connectivity index is 0.000000200. The summed E-state index contributed by atoms with van der Waals surface area (Å²) in [6.07, 6.45) is 2.41. The van der Waals surface area contributed by atoms with Crippen molar-refractivity contribution >= 4 is 47.6 Å². The quantitative estimate of drug-likeness (QED) is 0.339. The van der Waals surface area contributed by atoms with Crippen LogP contribution in [0.3, 0.4) is 0 Å². The molecule has 0 radical (unpaired) electrons. The van der Waals surface area contributed by atoms with Gasteiger partial charge in [0.1, 0.15) is 16.2 Å². The van der Waals surface area contributed by atoms with Gasteiger partial charge in [-0.3, -0.25) is 0 Å². The van der Waals surface area contributed by atoms with Crippen molar-refractivity contribution in [2.75, 3.05) is 6.26 Å². The molecule has 198 valence electrons. The lowest BCUT2D eigenvalue weighted by atomic mass is 10.1. The zero-order chi connectivity index (χ0) is 27.0. The number of oxime groups is 2. The second-order valence-electron chi connectivity index (χ2n) is 10.00. The third kappa shape index (κ3) is 10.6. The van der Waals surface area contributed by atoms with Crippen molar-refractivity contribution in [2.24, 2.45) is 10.3 Å². The molecule has 2 heterocycles. The smallest absolute Gasteiger partial charge is 0.192 e. The van der Waals surface area contributed by atoms with Crippen molar-refractivity contribution < 1.29 is 18.1 Å². The van der Waals surface area contributed by atoms with Crippen LogP contribution in [0, 0.1) is 0 Å². The molecule has 9 heteroatoms. The Hall–Kier alpha value is -1.84. The molecule has 0 saturated heterocycles. The van der Waals surface area contributed by atoms with Crippen LogP contribution in [0.1, 0.15) is 75.6 Å². The Morgan fingerprint density at radius 2 is 1.31 bits per heavy atom. The standard InChI is InChI=1S/C13H17NOS.C8H9Br.C6H11NO3S/c1-10(11-7-5-4-6-8-11)16-12-9-13(2,3)15-14-12;1-7(9)8-5-3-2-4-6-8;1-6(2)4-5(7-10-6)11(3,8)9/h4-8,10H,9H2,1-3H3;2-7H,1H3;4H2,1-3H3. The fourth-order valence-electron chi connectivity index (χ4n) is 3.18. The number of sulfone groups is 1. The molecule has 0 fully saturated rings. The van der Waals surface area contributed by atoms with Gasteiger partial charge in [-0.1, -0.05) is 98.7 Å². The Labute approximate surface area is 229 Å². The second-order valence-corrected chi connectivity index (χ2v) is 14.8. The normalized spacial score (nSPS) is 19.1. The van der Waals surface area contributed by atoms with E-state index in [1.807, 2.05) is 24.3 Å². The summed E-state index contributed by atoms with van der Waals surface area (Å²) in [5.41, 5.74) is 2.08. The topological polar surface area (TPSA) is 77.3 Å². The molecule has 0 amide bonds. The van der Waals surface area contributed by atoms with E-state index in [9.17, 15) is 8.42 Å². The Kier molecular flexibility index (Phi) is 11.1. The van der Waals surface area contributed by atoms with E-state index in [1.54, 1.807) is 25.6 Å². The van der Waals surface area contributed by atoms with Gasteiger partial charge in [0.05, 0.1) is 0 Å². The number of thioether (sulfide) groups is 1. The summed E-state index contributed by atoms with van der Waals surface area (Å²) in [6, 6.07) is 20.8. The third-order valence-electron chi connectivity index (χ3n) is 5.21. The molecular formula is C27H37BrN2O4S2. The molecule has 0 saturated carbocycles. The van der Waals surface area contributed by atoms with Crippen LogP contribution in [0.15, 0.2) is 71.0 Å². The fourth-order valence-corrected chi connectivity index (χ4v) is 5.48. The lowest BCUT2D eigenvalue weighted by Crippen LogP contribution is -2.21. The van der Waals surface area contributed by atoms with E-state index < -0.39 is 15.4 Å². The average Bonchev–Trinajstić information content (AvgIpc) is 3.36. The largest absolute Gasteiger partial charge is 0.389 e. The molecule has 0 aliphatic carbocycles. The first kappa shape index (κ1) is 30.4. The van der Waals surface area contributed by atoms with E-state index in [1.165, 1.54) is 11.1 Å². The molecule has 0 spiro atoms. The lowest BCUT2D eigenvalue weighted by molar-refractivity contribution is 0.0120. The summed E-state index contributed by atoms with van der Waals surface area (Å²) in [5.74, 6) is 0. The van der Waals surface area contributed by atoms with Gasteiger partial charge in [0.15, 0.2) is 14.9 Å². The van der Waals surface area contributed by atoms with Gasteiger partial charge >= 0.3 is 0 Å². The van der Waals surface area contributed by atoms with Crippen LogP contribution in [0.4, 0.5) is 0 Å². The fraction of sp³-hybridized carbons (Fsp3) is 0.481. The highest BCUT2D eigenvalue weighted by atomic mass is 79.9. The van der Waals surface area contributed by atoms with Crippen molar-refractivity contribution in [3.05, 3.63) is 71.8 Å². The number of alkyl halides is 1. The minimum atomic E-state index is -3.15. The first-order valence-electron chi connectivity index (χ1n) is 11.8. The van der Waals surface area contributed by atoms with Gasteiger partial charge in [0.2, 0.25) is 0 Å². The number of rotatable bonds is 3. The van der Waals surface area contributed by atoms with E-state index >= 15 is 0 Å². The molecule has 36 heavy (non-hydrogen) atoms. The van der Waals surface area contributed by atoms with Crippen LogP contribution in [0.5, 0.6) is 0 Å². The molecule has 0 bridgehead atoms. The molecule has 2 aromatic rings. The van der Waals surface area contributed by atoms with Gasteiger partial charge in [-0.2, -0.15) is 0 Å². The molecule has 0 aromatic heterocycles. The Morgan fingerprint density at radius 1 is 0.833 bits per heavy atom. The molecular weight excluding hydrogens is 560 g/mol. The molecule has 6 nitrogen and oxygen atoms in total. The molecule has 2 aliphatic rings. The van der Waals surface area contributed by atoms with Crippen molar-refractivity contribution in [3.63, 3.8) is 0 Å². The maximum absolute atomic E-state index is 10.9. The van der Waals surface area contributed by atoms with E-state index in [-0.39, 0.29) is 10.6 Å². The lowest BCUT2D eigenvalue weighted by Gasteiger charge is -2.14. The molecule has 2 atom stereocenters. The van der Waals surface area contributed by atoms with Gasteiger partial charge in [0, 0.05) is 29.2 Å². The highest BCUT2D eigenvalue weighted by Gasteiger charge is 2.33. The number of halogens is 1. The van der Waals surface area contributed by atoms with Crippen LogP contribution >= 0.6 is 27.7 Å². The molecule has 0 N–H and O–H groups in total. The predicted molar refractivity (Wildman–Crippen MR) is 156 cm³/mol. The third-order valence-corrected chi connectivity index (χ3v) is 7.93. The van der Waals surface area contributed by atoms with Crippen molar-refractivity contribution in [2.45, 2.75) is 75.7 Å². The highest BCUT2D eigenvalue weighted by Crippen LogP contribution is 2.35. The zero-order valence-electron chi connectivity index (χ0n) is 22.1. The maximum atomic E-state index is 10.9. The second kappa shape index (κ2) is 13.1. The molecule has 2 aromatic carbocycles. The van der Waals surface area contributed by atoms with Crippen molar-refractivity contribution in [1.29, 1.82) is 0 Å². The predicted octanol–water partition coefficient (Wildman–Crippen LogP) is 7.68. The van der Waals surface area contributed by atoms with Crippen LogP contribution in [0.2, 0.25) is 0 Å². The molecule has 2 aliphatic heterocycles. The monoisotopic (exact) mass is 596 g/mol. The van der Waals surface area contributed by atoms with Gasteiger partial charge in [0.25, 0.3) is 0 Å².